The Hall–Kier alpha value is -2.75. The van der Waals surface area contributed by atoms with Crippen molar-refractivity contribution in [2.24, 2.45) is 0 Å². The minimum Gasteiger partial charge on any atom is -0.854 e. The van der Waals surface area contributed by atoms with Gasteiger partial charge in [-0.25, -0.2) is 9.88 Å². The van der Waals surface area contributed by atoms with Crippen molar-refractivity contribution in [1.82, 2.24) is 10.1 Å². The lowest BCUT2D eigenvalue weighted by Crippen LogP contribution is -2.58. The number of thiophene rings is 1. The number of nitrogens with zero attached hydrogens (tertiary/aromatic N) is 4. The predicted octanol–water partition coefficient (Wildman–Crippen LogP) is 4.53. The molecule has 1 aliphatic heterocycles. The molecule has 0 aliphatic carbocycles. The van der Waals surface area contributed by atoms with E-state index in [1.165, 1.54) is 30.0 Å². The van der Waals surface area contributed by atoms with Crippen LogP contribution in [-0.4, -0.2) is 16.0 Å². The van der Waals surface area contributed by atoms with E-state index in [-0.39, 0.29) is 11.8 Å². The van der Waals surface area contributed by atoms with Gasteiger partial charge in [0.15, 0.2) is 0 Å². The summed E-state index contributed by atoms with van der Waals surface area (Å²) in [4.78, 5) is 19.7. The van der Waals surface area contributed by atoms with E-state index in [4.69, 9.17) is 5.10 Å². The topological polar surface area (TPSA) is 73.0 Å². The number of benzene rings is 2. The molecule has 0 N–H and O–H groups in total. The third-order valence-corrected chi connectivity index (χ3v) is 7.69. The summed E-state index contributed by atoms with van der Waals surface area (Å²) in [5, 5.41) is 18.4. The second-order valence-corrected chi connectivity index (χ2v) is 10.6. The van der Waals surface area contributed by atoms with Gasteiger partial charge in [0.05, 0.1) is 25.8 Å². The average Bonchev–Trinajstić information content (AvgIpc) is 3.22. The SMILES string of the molecule is CC(=O)N1c2ccccc2-c2c([O-])nc(SCc3ccccc3)n[n+]2C1c1ccc(Br)s1. The van der Waals surface area contributed by atoms with Crippen LogP contribution in [0, 0.1) is 0 Å². The Morgan fingerprint density at radius 1 is 1.16 bits per heavy atom. The maximum absolute atomic E-state index is 13.2. The second-order valence-electron chi connectivity index (χ2n) is 7.19. The molecule has 6 nitrogen and oxygen atoms in total. The minimum absolute atomic E-state index is 0.130. The van der Waals surface area contributed by atoms with Crippen LogP contribution in [0.2, 0.25) is 0 Å². The first-order valence-corrected chi connectivity index (χ1v) is 12.4. The summed E-state index contributed by atoms with van der Waals surface area (Å²) in [5.74, 6) is 0.156. The fourth-order valence-electron chi connectivity index (χ4n) is 3.78. The average molecular weight is 525 g/mol. The number of hydrogen-bond donors (Lipinski definition) is 0. The fourth-order valence-corrected chi connectivity index (χ4v) is 6.07. The number of amides is 1. The molecule has 0 bridgehead atoms. The molecule has 1 unspecified atom stereocenters. The molecule has 3 heterocycles. The molecule has 2 aromatic heterocycles. The highest BCUT2D eigenvalue weighted by molar-refractivity contribution is 9.11. The highest BCUT2D eigenvalue weighted by Gasteiger charge is 2.44. The Labute approximate surface area is 201 Å². The molecule has 1 atom stereocenters. The number of fused-ring (bicyclic) bond motifs is 3. The third kappa shape index (κ3) is 3.80. The van der Waals surface area contributed by atoms with Crippen LogP contribution in [0.5, 0.6) is 5.88 Å². The van der Waals surface area contributed by atoms with Crippen molar-refractivity contribution in [3.05, 3.63) is 81.0 Å². The van der Waals surface area contributed by atoms with Gasteiger partial charge in [0, 0.05) is 17.8 Å². The lowest BCUT2D eigenvalue weighted by molar-refractivity contribution is -0.763. The quantitative estimate of drug-likeness (QED) is 0.289. The van der Waals surface area contributed by atoms with Gasteiger partial charge in [-0.1, -0.05) is 58.9 Å². The number of rotatable bonds is 4. The standard InChI is InChI=1S/C23H17BrN4O2S2/c1-14(29)27-17-10-6-5-9-16(17)20-21(30)25-23(31-13-15-7-3-2-4-8-15)26-28(20)22(27)18-11-12-19(24)32-18/h2-12,22H,13H2,1H3. The molecule has 0 saturated heterocycles. The number of hydrogen-bond acceptors (Lipinski definition) is 6. The number of halogens is 1. The number of anilines is 1. The summed E-state index contributed by atoms with van der Waals surface area (Å²) in [6, 6.07) is 21.2. The zero-order chi connectivity index (χ0) is 22.2. The molecule has 1 aliphatic rings. The molecule has 2 aromatic carbocycles. The molecule has 4 aromatic rings. The Morgan fingerprint density at radius 2 is 1.91 bits per heavy atom. The van der Waals surface area contributed by atoms with E-state index in [1.807, 2.05) is 66.7 Å². The van der Waals surface area contributed by atoms with Crippen LogP contribution in [0.25, 0.3) is 11.3 Å². The number of carbonyl (C=O) groups is 1. The van der Waals surface area contributed by atoms with Crippen LogP contribution in [0.1, 0.15) is 23.5 Å². The summed E-state index contributed by atoms with van der Waals surface area (Å²) < 4.78 is 2.59. The molecule has 1 amide bonds. The van der Waals surface area contributed by atoms with Gasteiger partial charge >= 0.3 is 6.17 Å². The second kappa shape index (κ2) is 8.65. The van der Waals surface area contributed by atoms with Crippen LogP contribution in [0.15, 0.2) is 75.7 Å². The number of para-hydroxylation sites is 1. The summed E-state index contributed by atoms with van der Waals surface area (Å²) in [6.45, 7) is 1.53. The Bertz CT molecular complexity index is 1310. The number of aromatic nitrogens is 3. The van der Waals surface area contributed by atoms with E-state index in [2.05, 4.69) is 20.9 Å². The zero-order valence-electron chi connectivity index (χ0n) is 16.9. The predicted molar refractivity (Wildman–Crippen MR) is 126 cm³/mol. The van der Waals surface area contributed by atoms with Crippen molar-refractivity contribution in [3.63, 3.8) is 0 Å². The zero-order valence-corrected chi connectivity index (χ0v) is 20.2. The van der Waals surface area contributed by atoms with Crippen LogP contribution in [0.3, 0.4) is 0 Å². The van der Waals surface area contributed by atoms with Gasteiger partial charge < -0.3 is 5.11 Å². The maximum atomic E-state index is 13.2. The summed E-state index contributed by atoms with van der Waals surface area (Å²) in [7, 11) is 0. The Balaban J connectivity index is 1.67. The van der Waals surface area contributed by atoms with E-state index >= 15 is 0 Å². The van der Waals surface area contributed by atoms with E-state index < -0.39 is 6.17 Å². The van der Waals surface area contributed by atoms with Crippen LogP contribution < -0.4 is 14.7 Å². The van der Waals surface area contributed by atoms with Crippen molar-refractivity contribution in [2.75, 3.05) is 4.90 Å². The van der Waals surface area contributed by atoms with Crippen LogP contribution >= 0.6 is 39.0 Å². The van der Waals surface area contributed by atoms with Crippen LogP contribution in [0.4, 0.5) is 5.69 Å². The molecular formula is C23H17BrN4O2S2. The minimum atomic E-state index is -0.569. The molecule has 9 heteroatoms. The highest BCUT2D eigenvalue weighted by Crippen LogP contribution is 2.42. The summed E-state index contributed by atoms with van der Waals surface area (Å²) in [5.41, 5.74) is 2.83. The normalized spacial score (nSPS) is 14.7. The van der Waals surface area contributed by atoms with Gasteiger partial charge in [0.25, 0.3) is 10.9 Å². The smallest absolute Gasteiger partial charge is 0.302 e. The van der Waals surface area contributed by atoms with Gasteiger partial charge in [-0.3, -0.25) is 4.79 Å². The van der Waals surface area contributed by atoms with Gasteiger partial charge in [-0.05, 0) is 45.8 Å². The monoisotopic (exact) mass is 524 g/mol. The van der Waals surface area contributed by atoms with E-state index in [1.54, 1.807) is 9.58 Å². The molecular weight excluding hydrogens is 508 g/mol. The van der Waals surface area contributed by atoms with Crippen molar-refractivity contribution in [2.45, 2.75) is 24.0 Å². The first-order chi connectivity index (χ1) is 15.5. The van der Waals surface area contributed by atoms with Crippen molar-refractivity contribution >= 4 is 50.6 Å². The van der Waals surface area contributed by atoms with Crippen molar-refractivity contribution in [3.8, 4) is 17.1 Å². The lowest BCUT2D eigenvalue weighted by atomic mass is 10.0. The third-order valence-electron chi connectivity index (χ3n) is 5.12. The Morgan fingerprint density at radius 3 is 2.62 bits per heavy atom. The van der Waals surface area contributed by atoms with E-state index in [0.717, 1.165) is 14.2 Å². The first-order valence-electron chi connectivity index (χ1n) is 9.85. The molecule has 32 heavy (non-hydrogen) atoms. The van der Waals surface area contributed by atoms with E-state index in [0.29, 0.717) is 27.9 Å². The largest absolute Gasteiger partial charge is 0.854 e. The van der Waals surface area contributed by atoms with Crippen molar-refractivity contribution < 1.29 is 14.6 Å². The van der Waals surface area contributed by atoms with Crippen LogP contribution in [-0.2, 0) is 10.5 Å². The lowest BCUT2D eigenvalue weighted by Gasteiger charge is -2.32. The maximum Gasteiger partial charge on any atom is 0.302 e. The van der Waals surface area contributed by atoms with Gasteiger partial charge in [-0.15, -0.1) is 11.3 Å². The number of carbonyl (C=O) groups excluding carboxylic acids is 1. The Kier molecular flexibility index (Phi) is 5.71. The summed E-state index contributed by atoms with van der Waals surface area (Å²) >= 11 is 6.42. The first kappa shape index (κ1) is 21.1. The van der Waals surface area contributed by atoms with Gasteiger partial charge in [0.1, 0.15) is 0 Å². The fraction of sp³-hybridized carbons (Fsp3) is 0.130. The number of thioether (sulfide) groups is 1. The molecule has 0 fully saturated rings. The molecule has 160 valence electrons. The molecule has 5 rings (SSSR count). The molecule has 0 radical (unpaired) electrons. The van der Waals surface area contributed by atoms with Crippen molar-refractivity contribution in [1.29, 1.82) is 0 Å². The molecule has 0 spiro atoms. The van der Waals surface area contributed by atoms with E-state index in [9.17, 15) is 9.90 Å². The highest BCUT2D eigenvalue weighted by atomic mass is 79.9. The van der Waals surface area contributed by atoms with Gasteiger partial charge in [0.2, 0.25) is 5.91 Å². The summed E-state index contributed by atoms with van der Waals surface area (Å²) in [6.07, 6.45) is -0.569. The van der Waals surface area contributed by atoms with Gasteiger partial charge in [-0.2, -0.15) is 0 Å². The molecule has 0 saturated carbocycles.